The average molecular weight is 325 g/mol. The molecule has 1 aromatic rings. The lowest BCUT2D eigenvalue weighted by atomic mass is 10.0. The number of hydrogen-bond acceptors (Lipinski definition) is 4. The van der Waals surface area contributed by atoms with E-state index in [-0.39, 0.29) is 4.90 Å². The third-order valence-corrected chi connectivity index (χ3v) is 5.56. The van der Waals surface area contributed by atoms with Crippen LogP contribution in [-0.2, 0) is 10.0 Å². The fourth-order valence-corrected chi connectivity index (χ4v) is 3.72. The van der Waals surface area contributed by atoms with Gasteiger partial charge >= 0.3 is 0 Å². The van der Waals surface area contributed by atoms with E-state index in [1.54, 1.807) is 0 Å². The highest BCUT2D eigenvalue weighted by atomic mass is 32.2. The number of carbonyl (C=O) groups is 1. The molecule has 0 aliphatic carbocycles. The number of piperidine rings is 1. The van der Waals surface area contributed by atoms with Crippen molar-refractivity contribution in [3.63, 3.8) is 0 Å². The molecular weight excluding hydrogens is 302 g/mol. The van der Waals surface area contributed by atoms with Gasteiger partial charge in [-0.3, -0.25) is 9.69 Å². The van der Waals surface area contributed by atoms with Crippen LogP contribution in [0.1, 0.15) is 36.5 Å². The molecule has 0 saturated carbocycles. The maximum Gasteiger partial charge on any atom is 0.248 e. The minimum atomic E-state index is -3.55. The number of sulfonamides is 1. The molecular formula is C15H23N3O3S. The highest BCUT2D eigenvalue weighted by molar-refractivity contribution is 7.89. The first kappa shape index (κ1) is 16.9. The summed E-state index contributed by atoms with van der Waals surface area (Å²) in [6.45, 7) is 4.29. The Morgan fingerprint density at radius 2 is 2.00 bits per heavy atom. The Bertz CT molecular complexity index is 613. The molecule has 6 nitrogen and oxygen atoms in total. The fourth-order valence-electron chi connectivity index (χ4n) is 2.70. The number of nitrogens with zero attached hydrogens (tertiary/aromatic N) is 1. The zero-order valence-corrected chi connectivity index (χ0v) is 13.6. The molecule has 1 aromatic carbocycles. The Kier molecular flexibility index (Phi) is 5.55. The van der Waals surface area contributed by atoms with Crippen LogP contribution in [0, 0.1) is 0 Å². The lowest BCUT2D eigenvalue weighted by Crippen LogP contribution is -2.42. The van der Waals surface area contributed by atoms with Gasteiger partial charge in [0.1, 0.15) is 0 Å². The van der Waals surface area contributed by atoms with Gasteiger partial charge in [0.2, 0.25) is 15.9 Å². The van der Waals surface area contributed by atoms with E-state index < -0.39 is 15.9 Å². The van der Waals surface area contributed by atoms with Crippen LogP contribution in [0.3, 0.4) is 0 Å². The summed E-state index contributed by atoms with van der Waals surface area (Å²) in [4.78, 5) is 13.4. The minimum absolute atomic E-state index is 0.143. The summed E-state index contributed by atoms with van der Waals surface area (Å²) in [6, 6.07) is 6.14. The number of amides is 1. The van der Waals surface area contributed by atoms with Gasteiger partial charge in [0.05, 0.1) is 4.90 Å². The van der Waals surface area contributed by atoms with Crippen molar-refractivity contribution in [2.45, 2.75) is 37.1 Å². The Morgan fingerprint density at radius 3 is 2.59 bits per heavy atom. The van der Waals surface area contributed by atoms with Crippen LogP contribution in [-0.4, -0.2) is 44.9 Å². The summed E-state index contributed by atoms with van der Waals surface area (Å²) in [6.07, 6.45) is 3.59. The van der Waals surface area contributed by atoms with Crippen molar-refractivity contribution >= 4 is 15.9 Å². The van der Waals surface area contributed by atoms with E-state index in [0.29, 0.717) is 24.7 Å². The highest BCUT2D eigenvalue weighted by Crippen LogP contribution is 2.15. The second kappa shape index (κ2) is 7.21. The maximum absolute atomic E-state index is 12.2. The van der Waals surface area contributed by atoms with E-state index in [0.717, 1.165) is 6.54 Å². The van der Waals surface area contributed by atoms with Gasteiger partial charge in [-0.05, 0) is 50.6 Å². The van der Waals surface area contributed by atoms with Crippen molar-refractivity contribution in [1.29, 1.82) is 0 Å². The van der Waals surface area contributed by atoms with Crippen molar-refractivity contribution < 1.29 is 13.2 Å². The quantitative estimate of drug-likeness (QED) is 0.814. The number of carbonyl (C=O) groups excluding carboxylic acids is 1. The summed E-state index contributed by atoms with van der Waals surface area (Å²) in [5, 5.41) is 0. The second-order valence-corrected chi connectivity index (χ2v) is 7.43. The first-order valence-electron chi connectivity index (χ1n) is 7.54. The van der Waals surface area contributed by atoms with Crippen molar-refractivity contribution in [1.82, 2.24) is 9.62 Å². The molecule has 1 amide bonds. The van der Waals surface area contributed by atoms with E-state index in [4.69, 9.17) is 5.73 Å². The largest absolute Gasteiger partial charge is 0.366 e. The lowest BCUT2D eigenvalue weighted by Gasteiger charge is -2.33. The molecule has 0 spiro atoms. The molecule has 1 heterocycles. The van der Waals surface area contributed by atoms with Gasteiger partial charge in [0, 0.05) is 24.7 Å². The number of nitrogens with two attached hydrogens (primary N) is 1. The number of nitrogens with one attached hydrogen (secondary N) is 1. The molecule has 1 fully saturated rings. The average Bonchev–Trinajstić information content (AvgIpc) is 2.49. The normalized spacial score (nSPS) is 20.0. The number of hydrogen-bond donors (Lipinski definition) is 2. The predicted molar refractivity (Wildman–Crippen MR) is 85.0 cm³/mol. The smallest absolute Gasteiger partial charge is 0.248 e. The summed E-state index contributed by atoms with van der Waals surface area (Å²) >= 11 is 0. The molecule has 1 saturated heterocycles. The number of benzene rings is 1. The van der Waals surface area contributed by atoms with Gasteiger partial charge in [-0.1, -0.05) is 6.42 Å². The van der Waals surface area contributed by atoms with Crippen LogP contribution in [0.25, 0.3) is 0 Å². The zero-order chi connectivity index (χ0) is 16.2. The first-order valence-corrected chi connectivity index (χ1v) is 9.02. The molecule has 2 rings (SSSR count). The van der Waals surface area contributed by atoms with Gasteiger partial charge in [0.15, 0.2) is 0 Å². The van der Waals surface area contributed by atoms with Crippen molar-refractivity contribution in [2.75, 3.05) is 19.6 Å². The predicted octanol–water partition coefficient (Wildman–Crippen LogP) is 0.938. The molecule has 0 radical (unpaired) electrons. The molecule has 1 aliphatic rings. The molecule has 22 heavy (non-hydrogen) atoms. The molecule has 0 bridgehead atoms. The molecule has 1 aliphatic heterocycles. The van der Waals surface area contributed by atoms with Gasteiger partial charge in [0.25, 0.3) is 0 Å². The Balaban J connectivity index is 1.91. The summed E-state index contributed by atoms with van der Waals surface area (Å²) in [7, 11) is -3.55. The number of primary amides is 1. The van der Waals surface area contributed by atoms with Crippen LogP contribution in [0.2, 0.25) is 0 Å². The van der Waals surface area contributed by atoms with Gasteiger partial charge in [-0.25, -0.2) is 13.1 Å². The Morgan fingerprint density at radius 1 is 1.32 bits per heavy atom. The van der Waals surface area contributed by atoms with E-state index in [2.05, 4.69) is 16.5 Å². The summed E-state index contributed by atoms with van der Waals surface area (Å²) in [5.74, 6) is -0.573. The number of likely N-dealkylation sites (tertiary alicyclic amines) is 1. The van der Waals surface area contributed by atoms with Crippen LogP contribution < -0.4 is 10.5 Å². The Hall–Kier alpha value is -1.44. The summed E-state index contributed by atoms with van der Waals surface area (Å²) < 4.78 is 27.0. The molecule has 0 aromatic heterocycles. The molecule has 1 unspecified atom stereocenters. The van der Waals surface area contributed by atoms with Gasteiger partial charge in [-0.2, -0.15) is 0 Å². The Labute approximate surface area is 131 Å². The van der Waals surface area contributed by atoms with Crippen LogP contribution >= 0.6 is 0 Å². The first-order chi connectivity index (χ1) is 10.4. The van der Waals surface area contributed by atoms with Crippen LogP contribution in [0.4, 0.5) is 0 Å². The topological polar surface area (TPSA) is 92.5 Å². The monoisotopic (exact) mass is 325 g/mol. The maximum atomic E-state index is 12.2. The van der Waals surface area contributed by atoms with Crippen molar-refractivity contribution in [3.8, 4) is 0 Å². The van der Waals surface area contributed by atoms with Crippen LogP contribution in [0.5, 0.6) is 0 Å². The number of rotatable bonds is 6. The standard InChI is InChI=1S/C15H23N3O3S/c1-12-4-2-3-10-18(12)11-9-17-22(20,21)14-7-5-13(6-8-14)15(16)19/h5-8,12,17H,2-4,9-11H2,1H3,(H2,16,19). The SMILES string of the molecule is CC1CCCCN1CCNS(=O)(=O)c1ccc(C(N)=O)cc1. The van der Waals surface area contributed by atoms with E-state index in [1.165, 1.54) is 43.5 Å². The molecule has 1 atom stereocenters. The van der Waals surface area contributed by atoms with Crippen LogP contribution in [0.15, 0.2) is 29.2 Å². The molecule has 7 heteroatoms. The third kappa shape index (κ3) is 4.28. The van der Waals surface area contributed by atoms with Gasteiger partial charge in [-0.15, -0.1) is 0 Å². The molecule has 122 valence electrons. The van der Waals surface area contributed by atoms with Crippen molar-refractivity contribution in [3.05, 3.63) is 29.8 Å². The lowest BCUT2D eigenvalue weighted by molar-refractivity contribution is 0.1000. The fraction of sp³-hybridized carbons (Fsp3) is 0.533. The summed E-state index contributed by atoms with van der Waals surface area (Å²) in [5.41, 5.74) is 5.43. The third-order valence-electron chi connectivity index (χ3n) is 4.08. The van der Waals surface area contributed by atoms with E-state index >= 15 is 0 Å². The molecule has 3 N–H and O–H groups in total. The second-order valence-electron chi connectivity index (χ2n) is 5.67. The van der Waals surface area contributed by atoms with Crippen molar-refractivity contribution in [2.24, 2.45) is 5.73 Å². The van der Waals surface area contributed by atoms with Gasteiger partial charge < -0.3 is 5.73 Å². The zero-order valence-electron chi connectivity index (χ0n) is 12.8. The van der Waals surface area contributed by atoms with E-state index in [9.17, 15) is 13.2 Å². The highest BCUT2D eigenvalue weighted by Gasteiger charge is 2.19. The minimum Gasteiger partial charge on any atom is -0.366 e. The van der Waals surface area contributed by atoms with E-state index in [1.807, 2.05) is 0 Å².